The number of alkyl halides is 3. The van der Waals surface area contributed by atoms with Gasteiger partial charge in [-0.25, -0.2) is 14.8 Å². The first kappa shape index (κ1) is 28.7. The van der Waals surface area contributed by atoms with Crippen molar-refractivity contribution in [1.82, 2.24) is 15.3 Å². The molecular formula is C24H31ClF4N6O2. The number of nitrogens with two attached hydrogens (primary N) is 1. The number of ether oxygens (including phenoxy) is 1. The quantitative estimate of drug-likeness (QED) is 0.227. The largest absolute Gasteiger partial charge is 0.464 e. The number of nitrogen functional groups attached to an aromatic ring is 1. The van der Waals surface area contributed by atoms with E-state index < -0.39 is 29.6 Å². The highest BCUT2D eigenvalue weighted by Gasteiger charge is 2.32. The van der Waals surface area contributed by atoms with Gasteiger partial charge in [0.1, 0.15) is 12.4 Å². The first-order valence-corrected chi connectivity index (χ1v) is 12.4. The van der Waals surface area contributed by atoms with Gasteiger partial charge in [-0.1, -0.05) is 18.5 Å². The second kappa shape index (κ2) is 12.6. The molecule has 204 valence electrons. The van der Waals surface area contributed by atoms with Crippen LogP contribution in [0.25, 0.3) is 0 Å². The van der Waals surface area contributed by atoms with E-state index in [1.807, 2.05) is 4.90 Å². The molecule has 37 heavy (non-hydrogen) atoms. The summed E-state index contributed by atoms with van der Waals surface area (Å²) in [5, 5.41) is 6.19. The summed E-state index contributed by atoms with van der Waals surface area (Å²) < 4.78 is 59.0. The zero-order chi connectivity index (χ0) is 27.2. The van der Waals surface area contributed by atoms with Crippen molar-refractivity contribution in [3.05, 3.63) is 40.9 Å². The van der Waals surface area contributed by atoms with Gasteiger partial charge in [0, 0.05) is 29.8 Å². The van der Waals surface area contributed by atoms with Crippen LogP contribution in [0.3, 0.4) is 0 Å². The molecule has 3 atom stereocenters. The number of halogens is 5. The summed E-state index contributed by atoms with van der Waals surface area (Å²) in [4.78, 5) is 22.0. The molecule has 8 nitrogen and oxygen atoms in total. The molecule has 2 heterocycles. The molecule has 1 saturated heterocycles. The predicted molar refractivity (Wildman–Crippen MR) is 134 cm³/mol. The predicted octanol–water partition coefficient (Wildman–Crippen LogP) is 4.50. The van der Waals surface area contributed by atoms with Crippen molar-refractivity contribution in [3.63, 3.8) is 0 Å². The number of rotatable bonds is 10. The fourth-order valence-corrected chi connectivity index (χ4v) is 4.48. The Labute approximate surface area is 217 Å². The molecule has 0 spiro atoms. The highest BCUT2D eigenvalue weighted by Crippen LogP contribution is 2.33. The number of carbonyl (C=O) groups is 1. The number of hydrogen-bond donors (Lipinski definition) is 3. The minimum Gasteiger partial charge on any atom is -0.464 e. The SMILES string of the molecule is CCOC(=O)[C@@H](CCCN[C@H]1CN(c2ncnc(N)c2F)CCC1C)Nc1cc(Cl)cc(C(F)(F)F)c1. The van der Waals surface area contributed by atoms with Gasteiger partial charge in [0.15, 0.2) is 11.6 Å². The van der Waals surface area contributed by atoms with E-state index in [1.54, 1.807) is 6.92 Å². The molecule has 1 fully saturated rings. The third-order valence-electron chi connectivity index (χ3n) is 6.27. The Morgan fingerprint density at radius 3 is 2.78 bits per heavy atom. The standard InChI is InChI=1S/C24H31ClF4N6O2/c1-3-37-23(36)18(34-17-10-15(24(27,28)29)9-16(25)11-17)5-4-7-31-19-12-35(8-6-14(19)2)22-20(26)21(30)32-13-33-22/h9-11,13-14,18-19,31,34H,3-8,12H2,1-2H3,(H2,30,32,33)/t14?,18-,19+/m1/s1. The lowest BCUT2D eigenvalue weighted by Crippen LogP contribution is -2.51. The number of nitrogens with zero attached hydrogens (tertiary/aromatic N) is 3. The summed E-state index contributed by atoms with van der Waals surface area (Å²) in [6.45, 7) is 5.55. The average Bonchev–Trinajstić information content (AvgIpc) is 2.83. The molecule has 0 aliphatic carbocycles. The van der Waals surface area contributed by atoms with E-state index in [-0.39, 0.29) is 35.0 Å². The van der Waals surface area contributed by atoms with E-state index in [0.29, 0.717) is 38.4 Å². The van der Waals surface area contributed by atoms with Gasteiger partial charge in [0.25, 0.3) is 0 Å². The summed E-state index contributed by atoms with van der Waals surface area (Å²) in [6, 6.07) is 2.23. The summed E-state index contributed by atoms with van der Waals surface area (Å²) in [5.74, 6) is -0.936. The van der Waals surface area contributed by atoms with E-state index in [0.717, 1.165) is 18.6 Å². The minimum atomic E-state index is -4.57. The Kier molecular flexibility index (Phi) is 9.77. The van der Waals surface area contributed by atoms with E-state index in [1.165, 1.54) is 12.4 Å². The number of anilines is 3. The molecule has 13 heteroatoms. The van der Waals surface area contributed by atoms with E-state index in [2.05, 4.69) is 27.5 Å². The number of esters is 1. The maximum Gasteiger partial charge on any atom is 0.416 e. The van der Waals surface area contributed by atoms with Crippen LogP contribution < -0.4 is 21.3 Å². The van der Waals surface area contributed by atoms with Crippen LogP contribution in [0.4, 0.5) is 34.9 Å². The number of piperidine rings is 1. The summed E-state index contributed by atoms with van der Waals surface area (Å²) in [6.07, 6.45) is -1.70. The van der Waals surface area contributed by atoms with Crippen molar-refractivity contribution in [2.75, 3.05) is 42.2 Å². The van der Waals surface area contributed by atoms with Crippen LogP contribution in [0.2, 0.25) is 5.02 Å². The van der Waals surface area contributed by atoms with Crippen LogP contribution in [0, 0.1) is 11.7 Å². The smallest absolute Gasteiger partial charge is 0.416 e. The van der Waals surface area contributed by atoms with E-state index >= 15 is 0 Å². The number of nitrogens with one attached hydrogen (secondary N) is 2. The third-order valence-corrected chi connectivity index (χ3v) is 6.49. The Bertz CT molecular complexity index is 1070. The molecule has 1 unspecified atom stereocenters. The number of aromatic nitrogens is 2. The topological polar surface area (TPSA) is 105 Å². The Morgan fingerprint density at radius 2 is 2.08 bits per heavy atom. The second-order valence-corrected chi connectivity index (χ2v) is 9.42. The summed E-state index contributed by atoms with van der Waals surface area (Å²) in [7, 11) is 0. The van der Waals surface area contributed by atoms with Crippen molar-refractivity contribution in [2.24, 2.45) is 5.92 Å². The zero-order valence-electron chi connectivity index (χ0n) is 20.6. The average molecular weight is 547 g/mol. The van der Waals surface area contributed by atoms with Crippen LogP contribution in [0.15, 0.2) is 24.5 Å². The van der Waals surface area contributed by atoms with Gasteiger partial charge in [-0.05, 0) is 56.8 Å². The van der Waals surface area contributed by atoms with Gasteiger partial charge < -0.3 is 26.0 Å². The number of benzene rings is 1. The minimum absolute atomic E-state index is 0.0283. The highest BCUT2D eigenvalue weighted by atomic mass is 35.5. The maximum atomic E-state index is 14.4. The van der Waals surface area contributed by atoms with Crippen LogP contribution in [-0.2, 0) is 15.7 Å². The zero-order valence-corrected chi connectivity index (χ0v) is 21.4. The maximum absolute atomic E-state index is 14.4. The first-order valence-electron chi connectivity index (χ1n) is 12.0. The van der Waals surface area contributed by atoms with Gasteiger partial charge >= 0.3 is 12.1 Å². The molecule has 4 N–H and O–H groups in total. The lowest BCUT2D eigenvalue weighted by atomic mass is 9.93. The first-order chi connectivity index (χ1) is 17.5. The van der Waals surface area contributed by atoms with Gasteiger partial charge in [0.2, 0.25) is 5.82 Å². The van der Waals surface area contributed by atoms with Crippen LogP contribution in [0.1, 0.15) is 38.7 Å². The highest BCUT2D eigenvalue weighted by molar-refractivity contribution is 6.31. The Hall–Kier alpha value is -2.86. The van der Waals surface area contributed by atoms with Crippen molar-refractivity contribution < 1.29 is 27.1 Å². The second-order valence-electron chi connectivity index (χ2n) is 8.99. The molecule has 1 aliphatic rings. The third kappa shape index (κ3) is 7.81. The lowest BCUT2D eigenvalue weighted by Gasteiger charge is -2.38. The van der Waals surface area contributed by atoms with Gasteiger partial charge in [0.05, 0.1) is 12.2 Å². The summed E-state index contributed by atoms with van der Waals surface area (Å²) >= 11 is 5.87. The molecule has 0 saturated carbocycles. The lowest BCUT2D eigenvalue weighted by molar-refractivity contribution is -0.144. The molecule has 0 amide bonds. The monoisotopic (exact) mass is 546 g/mol. The molecule has 0 radical (unpaired) electrons. The van der Waals surface area contributed by atoms with Crippen molar-refractivity contribution in [1.29, 1.82) is 0 Å². The van der Waals surface area contributed by atoms with Gasteiger partial charge in [-0.3, -0.25) is 0 Å². The van der Waals surface area contributed by atoms with E-state index in [4.69, 9.17) is 22.1 Å². The van der Waals surface area contributed by atoms with Gasteiger partial charge in [-0.15, -0.1) is 0 Å². The van der Waals surface area contributed by atoms with Crippen molar-refractivity contribution in [2.45, 2.75) is 51.4 Å². The van der Waals surface area contributed by atoms with Crippen molar-refractivity contribution in [3.8, 4) is 0 Å². The molecule has 0 bridgehead atoms. The molecule has 1 aromatic heterocycles. The fourth-order valence-electron chi connectivity index (χ4n) is 4.24. The molecule has 1 aromatic carbocycles. The van der Waals surface area contributed by atoms with Crippen LogP contribution in [-0.4, -0.2) is 54.3 Å². The van der Waals surface area contributed by atoms with Crippen LogP contribution >= 0.6 is 11.6 Å². The Morgan fingerprint density at radius 1 is 1.32 bits per heavy atom. The van der Waals surface area contributed by atoms with Gasteiger partial charge in [-0.2, -0.15) is 17.6 Å². The molecule has 1 aliphatic heterocycles. The normalized spacial score (nSPS) is 18.9. The molecular weight excluding hydrogens is 516 g/mol. The fraction of sp³-hybridized carbons (Fsp3) is 0.542. The van der Waals surface area contributed by atoms with Crippen LogP contribution in [0.5, 0.6) is 0 Å². The molecule has 3 rings (SSSR count). The summed E-state index contributed by atoms with van der Waals surface area (Å²) in [5.41, 5.74) is 4.74. The Balaban J connectivity index is 1.60. The van der Waals surface area contributed by atoms with Crippen molar-refractivity contribution >= 4 is 34.9 Å². The number of hydrogen-bond acceptors (Lipinski definition) is 8. The molecule has 2 aromatic rings. The number of carbonyl (C=O) groups excluding carboxylic acids is 1. The van der Waals surface area contributed by atoms with E-state index in [9.17, 15) is 22.4 Å².